The summed E-state index contributed by atoms with van der Waals surface area (Å²) in [6, 6.07) is 0. The molecule has 2 atom stereocenters. The number of allylic oxidation sites excluding steroid dienone is 2. The van der Waals surface area contributed by atoms with Crippen LogP contribution in [-0.2, 0) is 33.3 Å². The zero-order valence-corrected chi connectivity index (χ0v) is 61.4. The third-order valence-corrected chi connectivity index (χ3v) is 18.8. The van der Waals surface area contributed by atoms with E-state index in [1.165, 1.54) is 366 Å². The Labute approximate surface area is 561 Å². The Bertz CT molecular complexity index is 1480. The van der Waals surface area contributed by atoms with E-state index in [-0.39, 0.29) is 38.2 Å². The highest BCUT2D eigenvalue weighted by Crippen LogP contribution is 2.20. The number of rotatable bonds is 77. The van der Waals surface area contributed by atoms with Crippen molar-refractivity contribution in [2.75, 3.05) is 47.5 Å². The van der Waals surface area contributed by atoms with Gasteiger partial charge in [-0.1, -0.05) is 392 Å². The summed E-state index contributed by atoms with van der Waals surface area (Å²) in [4.78, 5) is 37.7. The summed E-state index contributed by atoms with van der Waals surface area (Å²) in [7, 11) is 6.00. The van der Waals surface area contributed by atoms with Crippen molar-refractivity contribution in [3.63, 3.8) is 0 Å². The molecule has 9 nitrogen and oxygen atoms in total. The van der Waals surface area contributed by atoms with Crippen LogP contribution in [0, 0.1) is 0 Å². The number of carbonyl (C=O) groups is 3. The van der Waals surface area contributed by atoms with Gasteiger partial charge >= 0.3 is 17.9 Å². The molecule has 0 radical (unpaired) electrons. The summed E-state index contributed by atoms with van der Waals surface area (Å²) in [5, 5.41) is 9.76. The highest BCUT2D eigenvalue weighted by molar-refractivity contribution is 5.71. The molecule has 0 aromatic heterocycles. The molecule has 0 aliphatic rings. The van der Waals surface area contributed by atoms with Crippen molar-refractivity contribution >= 4 is 17.9 Å². The fourth-order valence-corrected chi connectivity index (χ4v) is 12.6. The van der Waals surface area contributed by atoms with Crippen LogP contribution in [0.3, 0.4) is 0 Å². The monoisotopic (exact) mass is 1270 g/mol. The number of carboxylic acids is 1. The van der Waals surface area contributed by atoms with Gasteiger partial charge in [0.1, 0.15) is 13.2 Å². The number of ether oxygens (including phenoxy) is 4. The normalized spacial score (nSPS) is 12.6. The lowest BCUT2D eigenvalue weighted by Crippen LogP contribution is -2.40. The van der Waals surface area contributed by atoms with E-state index < -0.39 is 18.4 Å². The summed E-state index contributed by atoms with van der Waals surface area (Å²) in [5.41, 5.74) is 0. The van der Waals surface area contributed by atoms with Crippen molar-refractivity contribution < 1.29 is 42.9 Å². The van der Waals surface area contributed by atoms with Crippen LogP contribution in [0.1, 0.15) is 431 Å². The number of aliphatic carboxylic acids is 1. The predicted molar refractivity (Wildman–Crippen MR) is 388 cm³/mol. The van der Waals surface area contributed by atoms with Crippen molar-refractivity contribution in [1.82, 2.24) is 0 Å². The summed E-state index contributed by atoms with van der Waals surface area (Å²) in [6.07, 6.45) is 88.1. The molecule has 9 heteroatoms. The molecular formula is C81H158NO8+. The molecule has 0 saturated heterocycles. The van der Waals surface area contributed by atoms with Crippen molar-refractivity contribution in [2.45, 2.75) is 444 Å². The maximum atomic E-state index is 13.0. The van der Waals surface area contributed by atoms with Crippen LogP contribution in [0.25, 0.3) is 0 Å². The van der Waals surface area contributed by atoms with Crippen LogP contribution in [0.2, 0.25) is 0 Å². The van der Waals surface area contributed by atoms with E-state index in [1.54, 1.807) is 0 Å². The maximum absolute atomic E-state index is 13.0. The first kappa shape index (κ1) is 88.0. The van der Waals surface area contributed by atoms with Crippen molar-refractivity contribution in [3.8, 4) is 0 Å². The first-order valence-corrected chi connectivity index (χ1v) is 40.4. The Kier molecular flexibility index (Phi) is 71.3. The molecule has 1 N–H and O–H groups in total. The molecule has 0 aliphatic carbocycles. The van der Waals surface area contributed by atoms with Crippen LogP contribution >= 0.6 is 0 Å². The largest absolute Gasteiger partial charge is 0.477 e. The van der Waals surface area contributed by atoms with Gasteiger partial charge in [0.15, 0.2) is 6.10 Å². The van der Waals surface area contributed by atoms with Gasteiger partial charge in [-0.25, -0.2) is 4.79 Å². The molecule has 0 rings (SSSR count). The molecule has 0 aliphatic heterocycles. The molecular weight excluding hydrogens is 1110 g/mol. The molecule has 0 fully saturated rings. The van der Waals surface area contributed by atoms with E-state index in [0.29, 0.717) is 17.4 Å². The van der Waals surface area contributed by atoms with Gasteiger partial charge in [-0.2, -0.15) is 0 Å². The van der Waals surface area contributed by atoms with Gasteiger partial charge in [0, 0.05) is 12.8 Å². The van der Waals surface area contributed by atoms with Crippen LogP contribution < -0.4 is 0 Å². The first-order chi connectivity index (χ1) is 44.1. The first-order valence-electron chi connectivity index (χ1n) is 40.4. The lowest BCUT2D eigenvalue weighted by Gasteiger charge is -2.25. The molecule has 90 heavy (non-hydrogen) atoms. The van der Waals surface area contributed by atoms with Gasteiger partial charge in [0.25, 0.3) is 6.29 Å². The SMILES string of the molecule is CCCCCCCCCC/C=C\CCCCCCCCCCCCCCCCCCCCCCCCCCCCCCCC(=O)OC(COC(=O)CCCCCCCCCCCCCCCCCCCCCCCCCC)COC(OCC[N+](C)(C)C)C(=O)O. The molecule has 0 spiro atoms. The lowest BCUT2D eigenvalue weighted by atomic mass is 10.0. The zero-order valence-electron chi connectivity index (χ0n) is 61.4. The molecule has 0 amide bonds. The Morgan fingerprint density at radius 3 is 0.822 bits per heavy atom. The summed E-state index contributed by atoms with van der Waals surface area (Å²) < 4.78 is 23.1. The molecule has 0 aromatic rings. The number of quaternary nitrogens is 1. The Hall–Kier alpha value is -1.97. The fraction of sp³-hybridized carbons (Fsp3) is 0.938. The Morgan fingerprint density at radius 2 is 0.567 bits per heavy atom. The summed E-state index contributed by atoms with van der Waals surface area (Å²) >= 11 is 0. The second kappa shape index (κ2) is 72.9. The number of esters is 2. The zero-order chi connectivity index (χ0) is 65.4. The lowest BCUT2D eigenvalue weighted by molar-refractivity contribution is -0.870. The Morgan fingerprint density at radius 1 is 0.322 bits per heavy atom. The number of hydrogen-bond donors (Lipinski definition) is 1. The molecule has 0 bridgehead atoms. The van der Waals surface area contributed by atoms with Crippen molar-refractivity contribution in [2.24, 2.45) is 0 Å². The molecule has 534 valence electrons. The van der Waals surface area contributed by atoms with Crippen LogP contribution in [0.15, 0.2) is 12.2 Å². The van der Waals surface area contributed by atoms with Crippen LogP contribution in [0.4, 0.5) is 0 Å². The smallest absolute Gasteiger partial charge is 0.361 e. The minimum absolute atomic E-state index is 0.172. The van der Waals surface area contributed by atoms with Crippen molar-refractivity contribution in [3.05, 3.63) is 12.2 Å². The number of nitrogens with zero attached hydrogens (tertiary/aromatic N) is 1. The van der Waals surface area contributed by atoms with Crippen molar-refractivity contribution in [1.29, 1.82) is 0 Å². The average molecular weight is 1270 g/mol. The molecule has 2 unspecified atom stereocenters. The standard InChI is InChI=1S/C81H157NO8/c1-6-8-10-12-14-16-18-20-22-24-26-28-30-32-33-34-35-36-37-38-39-40-41-42-43-44-45-46-47-48-50-52-54-56-58-60-62-64-66-68-70-72-79(84)90-77(76-89-81(80(85)86)87-74-73-82(3,4)5)75-88-78(83)71-69-67-65-63-61-59-57-55-53-51-49-31-29-27-25-23-21-19-17-15-13-11-9-7-2/h24,26,77,81H,6-23,25,27-76H2,1-5H3/p+1/b26-24-. The number of hydrogen-bond acceptors (Lipinski definition) is 7. The highest BCUT2D eigenvalue weighted by Gasteiger charge is 2.25. The topological polar surface area (TPSA) is 108 Å². The number of unbranched alkanes of at least 4 members (excludes halogenated alkanes) is 60. The van der Waals surface area contributed by atoms with Gasteiger partial charge in [-0.15, -0.1) is 0 Å². The van der Waals surface area contributed by atoms with E-state index in [1.807, 2.05) is 21.1 Å². The third kappa shape index (κ3) is 73.4. The molecule has 0 heterocycles. The quantitative estimate of drug-likeness (QED) is 0.0211. The number of likely N-dealkylation sites (N-methyl/N-ethyl adjacent to an activating group) is 1. The highest BCUT2D eigenvalue weighted by atomic mass is 16.7. The van der Waals surface area contributed by atoms with E-state index in [0.717, 1.165) is 38.5 Å². The second-order valence-corrected chi connectivity index (χ2v) is 29.1. The third-order valence-electron chi connectivity index (χ3n) is 18.8. The van der Waals surface area contributed by atoms with E-state index in [9.17, 15) is 19.5 Å². The summed E-state index contributed by atoms with van der Waals surface area (Å²) in [6.45, 7) is 4.97. The molecule has 0 aromatic carbocycles. The predicted octanol–water partition coefficient (Wildman–Crippen LogP) is 25.5. The average Bonchev–Trinajstić information content (AvgIpc) is 3.73. The fourth-order valence-electron chi connectivity index (χ4n) is 12.6. The van der Waals surface area contributed by atoms with Gasteiger partial charge in [-0.05, 0) is 38.5 Å². The maximum Gasteiger partial charge on any atom is 0.361 e. The van der Waals surface area contributed by atoms with Crippen LogP contribution in [0.5, 0.6) is 0 Å². The minimum atomic E-state index is -1.51. The van der Waals surface area contributed by atoms with E-state index in [4.69, 9.17) is 18.9 Å². The van der Waals surface area contributed by atoms with Gasteiger partial charge in [-0.3, -0.25) is 9.59 Å². The van der Waals surface area contributed by atoms with Gasteiger partial charge in [0.05, 0.1) is 34.4 Å². The minimum Gasteiger partial charge on any atom is -0.477 e. The summed E-state index contributed by atoms with van der Waals surface area (Å²) in [5.74, 6) is -1.96. The Balaban J connectivity index is 3.90. The van der Waals surface area contributed by atoms with Gasteiger partial charge in [0.2, 0.25) is 0 Å². The van der Waals surface area contributed by atoms with Crippen LogP contribution in [-0.4, -0.2) is 87.4 Å². The molecule has 0 saturated carbocycles. The van der Waals surface area contributed by atoms with E-state index in [2.05, 4.69) is 26.0 Å². The van der Waals surface area contributed by atoms with Gasteiger partial charge < -0.3 is 28.5 Å². The van der Waals surface area contributed by atoms with E-state index >= 15 is 0 Å². The number of carboxylic acid groups (broad SMARTS) is 1. The number of carbonyl (C=O) groups excluding carboxylic acids is 2. The second-order valence-electron chi connectivity index (χ2n) is 29.1.